The van der Waals surface area contributed by atoms with Crippen LogP contribution in [0.4, 0.5) is 5.82 Å². The molecule has 1 aromatic rings. The Hall–Kier alpha value is -1.52. The van der Waals surface area contributed by atoms with E-state index in [0.29, 0.717) is 18.3 Å². The lowest BCUT2D eigenvalue weighted by Crippen LogP contribution is -2.40. The van der Waals surface area contributed by atoms with Crippen LogP contribution in [0.2, 0.25) is 0 Å². The number of carbonyl (C=O) groups is 1. The van der Waals surface area contributed by atoms with Crippen molar-refractivity contribution in [2.45, 2.75) is 45.1 Å². The first-order valence-electron chi connectivity index (χ1n) is 6.86. The molecule has 3 rings (SSSR count). The first-order chi connectivity index (χ1) is 8.75. The van der Waals surface area contributed by atoms with Gasteiger partial charge in [0.2, 0.25) is 5.91 Å². The molecule has 2 aliphatic rings. The molecule has 1 aliphatic heterocycles. The van der Waals surface area contributed by atoms with Crippen LogP contribution in [0.15, 0.2) is 0 Å². The van der Waals surface area contributed by atoms with Crippen molar-refractivity contribution < 1.29 is 4.79 Å². The van der Waals surface area contributed by atoms with Gasteiger partial charge >= 0.3 is 0 Å². The van der Waals surface area contributed by atoms with E-state index in [4.69, 9.17) is 5.73 Å². The molecular weight excluding hydrogens is 228 g/mol. The molecule has 0 bridgehead atoms. The lowest BCUT2D eigenvalue weighted by Gasteiger charge is -2.31. The van der Waals surface area contributed by atoms with E-state index in [9.17, 15) is 4.79 Å². The number of aromatic amines is 1. The van der Waals surface area contributed by atoms with Crippen molar-refractivity contribution in [2.24, 2.45) is 5.92 Å². The first-order valence-corrected chi connectivity index (χ1v) is 6.86. The number of hydrogen-bond donors (Lipinski definition) is 2. The molecule has 1 aromatic heterocycles. The highest BCUT2D eigenvalue weighted by Gasteiger charge is 2.29. The minimum Gasteiger partial charge on any atom is -0.382 e. The number of H-pyrrole nitrogens is 1. The highest BCUT2D eigenvalue weighted by atomic mass is 16.2. The van der Waals surface area contributed by atoms with Crippen molar-refractivity contribution in [3.63, 3.8) is 0 Å². The van der Waals surface area contributed by atoms with Gasteiger partial charge in [-0.15, -0.1) is 0 Å². The Morgan fingerprint density at radius 1 is 1.33 bits per heavy atom. The molecule has 18 heavy (non-hydrogen) atoms. The molecule has 0 aromatic carbocycles. The Morgan fingerprint density at radius 3 is 2.89 bits per heavy atom. The Labute approximate surface area is 107 Å². The summed E-state index contributed by atoms with van der Waals surface area (Å²) in [6.07, 6.45) is 6.64. The highest BCUT2D eigenvalue weighted by Crippen LogP contribution is 2.28. The monoisotopic (exact) mass is 248 g/mol. The van der Waals surface area contributed by atoms with E-state index in [0.717, 1.165) is 37.1 Å². The Morgan fingerprint density at radius 2 is 2.11 bits per heavy atom. The van der Waals surface area contributed by atoms with Gasteiger partial charge in [-0.1, -0.05) is 19.3 Å². The van der Waals surface area contributed by atoms with E-state index in [1.165, 1.54) is 19.3 Å². The summed E-state index contributed by atoms with van der Waals surface area (Å²) in [6.45, 7) is 1.43. The van der Waals surface area contributed by atoms with Gasteiger partial charge in [0.15, 0.2) is 0 Å². The van der Waals surface area contributed by atoms with E-state index in [-0.39, 0.29) is 5.92 Å². The van der Waals surface area contributed by atoms with E-state index in [1.807, 2.05) is 4.90 Å². The molecule has 3 N–H and O–H groups in total. The fourth-order valence-electron chi connectivity index (χ4n) is 3.14. The summed E-state index contributed by atoms with van der Waals surface area (Å²) in [6, 6.07) is 0. The number of carbonyl (C=O) groups excluding carboxylic acids is 1. The first kappa shape index (κ1) is 11.6. The van der Waals surface area contributed by atoms with Crippen LogP contribution in [0.3, 0.4) is 0 Å². The second kappa shape index (κ2) is 4.63. The van der Waals surface area contributed by atoms with Crippen molar-refractivity contribution in [3.8, 4) is 0 Å². The Balaban J connectivity index is 1.69. The predicted molar refractivity (Wildman–Crippen MR) is 68.7 cm³/mol. The van der Waals surface area contributed by atoms with Gasteiger partial charge in [-0.25, -0.2) is 0 Å². The number of anilines is 1. The van der Waals surface area contributed by atoms with Crippen LogP contribution >= 0.6 is 0 Å². The lowest BCUT2D eigenvalue weighted by atomic mass is 9.88. The number of nitrogen functional groups attached to an aromatic ring is 1. The van der Waals surface area contributed by atoms with Crippen LogP contribution in [-0.4, -0.2) is 27.5 Å². The third kappa shape index (κ3) is 1.98. The molecule has 0 spiro atoms. The highest BCUT2D eigenvalue weighted by molar-refractivity contribution is 5.79. The number of nitrogens with one attached hydrogen (secondary N) is 1. The predicted octanol–water partition coefficient (Wildman–Crippen LogP) is 1.46. The van der Waals surface area contributed by atoms with Crippen molar-refractivity contribution in [3.05, 3.63) is 11.3 Å². The fourth-order valence-corrected chi connectivity index (χ4v) is 3.14. The number of hydrogen-bond acceptors (Lipinski definition) is 3. The van der Waals surface area contributed by atoms with Crippen LogP contribution in [0, 0.1) is 5.92 Å². The van der Waals surface area contributed by atoms with Crippen molar-refractivity contribution in [1.82, 2.24) is 15.1 Å². The maximum absolute atomic E-state index is 12.4. The topological polar surface area (TPSA) is 75.0 Å². The second-order valence-electron chi connectivity index (χ2n) is 5.41. The molecule has 5 heteroatoms. The minimum atomic E-state index is 0.251. The van der Waals surface area contributed by atoms with Crippen molar-refractivity contribution in [2.75, 3.05) is 12.3 Å². The van der Waals surface area contributed by atoms with E-state index in [1.54, 1.807) is 0 Å². The second-order valence-corrected chi connectivity index (χ2v) is 5.41. The van der Waals surface area contributed by atoms with Crippen LogP contribution in [0.1, 0.15) is 43.4 Å². The van der Waals surface area contributed by atoms with Gasteiger partial charge in [-0.2, -0.15) is 5.10 Å². The van der Waals surface area contributed by atoms with Crippen LogP contribution in [-0.2, 0) is 17.8 Å². The summed E-state index contributed by atoms with van der Waals surface area (Å²) in [5, 5.41) is 6.96. The molecule has 0 unspecified atom stereocenters. The van der Waals surface area contributed by atoms with E-state index >= 15 is 0 Å². The van der Waals surface area contributed by atoms with E-state index < -0.39 is 0 Å². The number of nitrogens with two attached hydrogens (primary N) is 1. The summed E-state index contributed by atoms with van der Waals surface area (Å²) >= 11 is 0. The largest absolute Gasteiger partial charge is 0.382 e. The van der Waals surface area contributed by atoms with Crippen LogP contribution in [0.25, 0.3) is 0 Å². The third-order valence-electron chi connectivity index (χ3n) is 4.23. The quantitative estimate of drug-likeness (QED) is 0.790. The molecule has 1 aliphatic carbocycles. The zero-order valence-electron chi connectivity index (χ0n) is 10.6. The van der Waals surface area contributed by atoms with Gasteiger partial charge in [0, 0.05) is 18.0 Å². The van der Waals surface area contributed by atoms with Gasteiger partial charge < -0.3 is 10.6 Å². The van der Waals surface area contributed by atoms with Crippen molar-refractivity contribution >= 4 is 11.7 Å². The van der Waals surface area contributed by atoms with Gasteiger partial charge in [0.25, 0.3) is 0 Å². The van der Waals surface area contributed by atoms with Gasteiger partial charge in [0.1, 0.15) is 5.82 Å². The zero-order valence-corrected chi connectivity index (χ0v) is 10.6. The standard InChI is InChI=1S/C13H20N4O/c14-12-10-6-7-17(8-11(10)15-16-12)13(18)9-4-2-1-3-5-9/h9H,1-8H2,(H3,14,15,16). The molecular formula is C13H20N4O. The maximum Gasteiger partial charge on any atom is 0.226 e. The molecule has 5 nitrogen and oxygen atoms in total. The molecule has 1 amide bonds. The number of aromatic nitrogens is 2. The molecule has 98 valence electrons. The molecule has 0 atom stereocenters. The number of nitrogens with zero attached hydrogens (tertiary/aromatic N) is 2. The summed E-state index contributed by atoms with van der Waals surface area (Å²) in [5.74, 6) is 1.17. The minimum absolute atomic E-state index is 0.251. The van der Waals surface area contributed by atoms with Crippen molar-refractivity contribution in [1.29, 1.82) is 0 Å². The Kier molecular flexibility index (Phi) is 2.97. The lowest BCUT2D eigenvalue weighted by molar-refractivity contribution is -0.137. The molecule has 0 radical (unpaired) electrons. The van der Waals surface area contributed by atoms with Crippen LogP contribution < -0.4 is 5.73 Å². The summed E-state index contributed by atoms with van der Waals surface area (Å²) in [7, 11) is 0. The van der Waals surface area contributed by atoms with Gasteiger partial charge in [-0.3, -0.25) is 9.89 Å². The Bertz CT molecular complexity index is 448. The molecule has 1 saturated carbocycles. The fraction of sp³-hybridized carbons (Fsp3) is 0.692. The molecule has 2 heterocycles. The SMILES string of the molecule is Nc1n[nH]c2c1CCN(C(=O)C1CCCCC1)C2. The average molecular weight is 248 g/mol. The number of fused-ring (bicyclic) bond motifs is 1. The maximum atomic E-state index is 12.4. The number of amides is 1. The number of rotatable bonds is 1. The summed E-state index contributed by atoms with van der Waals surface area (Å²) in [5.41, 5.74) is 7.90. The van der Waals surface area contributed by atoms with Crippen LogP contribution in [0.5, 0.6) is 0 Å². The zero-order chi connectivity index (χ0) is 12.5. The summed E-state index contributed by atoms with van der Waals surface area (Å²) < 4.78 is 0. The third-order valence-corrected chi connectivity index (χ3v) is 4.23. The van der Waals surface area contributed by atoms with Gasteiger partial charge in [-0.05, 0) is 19.3 Å². The average Bonchev–Trinajstić information content (AvgIpc) is 2.80. The molecule has 1 fully saturated rings. The molecule has 0 saturated heterocycles. The van der Waals surface area contributed by atoms with E-state index in [2.05, 4.69) is 10.2 Å². The smallest absolute Gasteiger partial charge is 0.226 e. The summed E-state index contributed by atoms with van der Waals surface area (Å²) in [4.78, 5) is 14.4. The normalized spacial score (nSPS) is 20.8. The van der Waals surface area contributed by atoms with Gasteiger partial charge in [0.05, 0.1) is 12.2 Å².